The van der Waals surface area contributed by atoms with Crippen molar-refractivity contribution in [3.8, 4) is 11.4 Å². The molecule has 0 bridgehead atoms. The summed E-state index contributed by atoms with van der Waals surface area (Å²) in [6, 6.07) is 4.70. The highest BCUT2D eigenvalue weighted by atomic mass is 32.2. The molecular formula is C18H23N5OS. The summed E-state index contributed by atoms with van der Waals surface area (Å²) >= 11 is 1.51. The fourth-order valence-electron chi connectivity index (χ4n) is 3.32. The number of amides is 1. The summed E-state index contributed by atoms with van der Waals surface area (Å²) in [4.78, 5) is 16.6. The maximum atomic E-state index is 12.5. The van der Waals surface area contributed by atoms with Crippen molar-refractivity contribution in [3.05, 3.63) is 24.5 Å². The molecular weight excluding hydrogens is 334 g/mol. The fraction of sp³-hybridized carbons (Fsp3) is 0.556. The van der Waals surface area contributed by atoms with Gasteiger partial charge in [0, 0.05) is 30.0 Å². The summed E-state index contributed by atoms with van der Waals surface area (Å²) < 4.78 is 2.19. The van der Waals surface area contributed by atoms with Gasteiger partial charge in [0.25, 0.3) is 0 Å². The molecule has 0 saturated heterocycles. The largest absolute Gasteiger partial charge is 0.352 e. The summed E-state index contributed by atoms with van der Waals surface area (Å²) in [6.07, 6.45) is 10.5. The van der Waals surface area contributed by atoms with E-state index in [2.05, 4.69) is 25.1 Å². The van der Waals surface area contributed by atoms with Crippen LogP contribution < -0.4 is 5.32 Å². The normalized spacial score (nSPS) is 19.1. The first kappa shape index (κ1) is 16.6. The number of hydrogen-bond donors (Lipinski definition) is 1. The minimum absolute atomic E-state index is 0.104. The molecule has 7 heteroatoms. The molecule has 0 aromatic carbocycles. The van der Waals surface area contributed by atoms with Crippen molar-refractivity contribution < 1.29 is 4.79 Å². The minimum atomic E-state index is -0.174. The van der Waals surface area contributed by atoms with E-state index >= 15 is 0 Å². The topological polar surface area (TPSA) is 72.7 Å². The Balaban J connectivity index is 1.50. The Morgan fingerprint density at radius 3 is 2.60 bits per heavy atom. The molecule has 2 saturated carbocycles. The van der Waals surface area contributed by atoms with Gasteiger partial charge < -0.3 is 5.32 Å². The van der Waals surface area contributed by atoms with Crippen LogP contribution in [0.25, 0.3) is 11.4 Å². The van der Waals surface area contributed by atoms with E-state index < -0.39 is 0 Å². The van der Waals surface area contributed by atoms with Gasteiger partial charge in [0.05, 0.1) is 5.25 Å². The van der Waals surface area contributed by atoms with Gasteiger partial charge in [0.2, 0.25) is 5.91 Å². The second-order valence-corrected chi connectivity index (χ2v) is 8.20. The van der Waals surface area contributed by atoms with Crippen LogP contribution in [0.5, 0.6) is 0 Å². The SMILES string of the molecule is C[C@H](Sc1nnc(-c2ccncc2)n1C1CC1)C(=O)NC1CCCC1. The zero-order valence-electron chi connectivity index (χ0n) is 14.4. The van der Waals surface area contributed by atoms with Gasteiger partial charge in [0.15, 0.2) is 11.0 Å². The van der Waals surface area contributed by atoms with Gasteiger partial charge in [-0.1, -0.05) is 24.6 Å². The molecule has 4 rings (SSSR count). The average molecular weight is 357 g/mol. The lowest BCUT2D eigenvalue weighted by atomic mass is 10.2. The van der Waals surface area contributed by atoms with E-state index in [1.54, 1.807) is 12.4 Å². The molecule has 132 valence electrons. The summed E-state index contributed by atoms with van der Waals surface area (Å²) in [5, 5.41) is 12.6. The molecule has 6 nitrogen and oxygen atoms in total. The Morgan fingerprint density at radius 2 is 1.92 bits per heavy atom. The van der Waals surface area contributed by atoms with Gasteiger partial charge in [-0.2, -0.15) is 0 Å². The van der Waals surface area contributed by atoms with E-state index in [-0.39, 0.29) is 11.2 Å². The fourth-order valence-corrected chi connectivity index (χ4v) is 4.25. The van der Waals surface area contributed by atoms with Crippen molar-refractivity contribution in [2.45, 2.75) is 67.9 Å². The Hall–Kier alpha value is -1.89. The Labute approximate surface area is 151 Å². The van der Waals surface area contributed by atoms with Crippen LogP contribution in [-0.4, -0.2) is 36.9 Å². The van der Waals surface area contributed by atoms with Gasteiger partial charge in [0.1, 0.15) is 0 Å². The van der Waals surface area contributed by atoms with E-state index in [1.165, 1.54) is 24.6 Å². The number of nitrogens with zero attached hydrogens (tertiary/aromatic N) is 4. The lowest BCUT2D eigenvalue weighted by Gasteiger charge is -2.16. The lowest BCUT2D eigenvalue weighted by Crippen LogP contribution is -2.37. The zero-order chi connectivity index (χ0) is 17.2. The van der Waals surface area contributed by atoms with E-state index in [4.69, 9.17) is 0 Å². The van der Waals surface area contributed by atoms with Crippen LogP contribution >= 0.6 is 11.8 Å². The lowest BCUT2D eigenvalue weighted by molar-refractivity contribution is -0.120. The van der Waals surface area contributed by atoms with Crippen molar-refractivity contribution in [3.63, 3.8) is 0 Å². The highest BCUT2D eigenvalue weighted by Gasteiger charge is 2.31. The average Bonchev–Trinajstić information content (AvgIpc) is 3.17. The highest BCUT2D eigenvalue weighted by molar-refractivity contribution is 8.00. The first-order valence-corrected chi connectivity index (χ1v) is 9.92. The number of carbonyl (C=O) groups is 1. The van der Waals surface area contributed by atoms with Crippen LogP contribution in [0.2, 0.25) is 0 Å². The van der Waals surface area contributed by atoms with E-state index in [0.717, 1.165) is 42.2 Å². The van der Waals surface area contributed by atoms with Gasteiger partial charge in [-0.25, -0.2) is 0 Å². The van der Waals surface area contributed by atoms with Gasteiger partial charge in [-0.3, -0.25) is 14.3 Å². The number of pyridine rings is 1. The number of carbonyl (C=O) groups excluding carboxylic acids is 1. The molecule has 1 amide bonds. The number of rotatable bonds is 6. The molecule has 0 spiro atoms. The quantitative estimate of drug-likeness (QED) is 0.804. The van der Waals surface area contributed by atoms with Crippen molar-refractivity contribution in [1.29, 1.82) is 0 Å². The maximum absolute atomic E-state index is 12.5. The highest BCUT2D eigenvalue weighted by Crippen LogP contribution is 2.41. The third kappa shape index (κ3) is 3.71. The molecule has 0 aliphatic heterocycles. The number of nitrogens with one attached hydrogen (secondary N) is 1. The van der Waals surface area contributed by atoms with Crippen LogP contribution in [0.4, 0.5) is 0 Å². The molecule has 25 heavy (non-hydrogen) atoms. The summed E-state index contributed by atoms with van der Waals surface area (Å²) in [6.45, 7) is 1.95. The Kier molecular flexibility index (Phi) is 4.74. The van der Waals surface area contributed by atoms with Crippen molar-refractivity contribution >= 4 is 17.7 Å². The molecule has 1 N–H and O–H groups in total. The molecule has 0 radical (unpaired) electrons. The minimum Gasteiger partial charge on any atom is -0.352 e. The first-order chi connectivity index (χ1) is 12.2. The number of aromatic nitrogens is 4. The number of thioether (sulfide) groups is 1. The molecule has 2 aliphatic rings. The summed E-state index contributed by atoms with van der Waals surface area (Å²) in [5.74, 6) is 0.975. The van der Waals surface area contributed by atoms with E-state index in [9.17, 15) is 4.79 Å². The Morgan fingerprint density at radius 1 is 1.20 bits per heavy atom. The number of hydrogen-bond acceptors (Lipinski definition) is 5. The molecule has 2 aromatic rings. The van der Waals surface area contributed by atoms with E-state index in [1.807, 2.05) is 19.1 Å². The smallest absolute Gasteiger partial charge is 0.233 e. The summed E-state index contributed by atoms with van der Waals surface area (Å²) in [7, 11) is 0. The maximum Gasteiger partial charge on any atom is 0.233 e. The molecule has 2 heterocycles. The second-order valence-electron chi connectivity index (χ2n) is 6.89. The monoisotopic (exact) mass is 357 g/mol. The standard InChI is InChI=1S/C18H23N5OS/c1-12(17(24)20-14-4-2-3-5-14)25-18-22-21-16(23(18)15-6-7-15)13-8-10-19-11-9-13/h8-12,14-15H,2-7H2,1H3,(H,20,24)/t12-/m0/s1. The van der Waals surface area contributed by atoms with E-state index in [0.29, 0.717) is 12.1 Å². The third-order valence-corrected chi connectivity index (χ3v) is 5.92. The van der Waals surface area contributed by atoms with Crippen LogP contribution in [0, 0.1) is 0 Å². The van der Waals surface area contributed by atoms with Gasteiger partial charge in [-0.05, 0) is 44.7 Å². The third-order valence-electron chi connectivity index (χ3n) is 4.87. The van der Waals surface area contributed by atoms with Crippen LogP contribution in [0.15, 0.2) is 29.7 Å². The van der Waals surface area contributed by atoms with Crippen LogP contribution in [0.1, 0.15) is 51.5 Å². The van der Waals surface area contributed by atoms with Crippen molar-refractivity contribution in [1.82, 2.24) is 25.1 Å². The zero-order valence-corrected chi connectivity index (χ0v) is 15.2. The Bertz CT molecular complexity index is 737. The molecule has 2 aromatic heterocycles. The second kappa shape index (κ2) is 7.15. The first-order valence-electron chi connectivity index (χ1n) is 9.04. The van der Waals surface area contributed by atoms with Crippen molar-refractivity contribution in [2.24, 2.45) is 0 Å². The van der Waals surface area contributed by atoms with Gasteiger partial charge in [-0.15, -0.1) is 10.2 Å². The van der Waals surface area contributed by atoms with Gasteiger partial charge >= 0.3 is 0 Å². The predicted molar refractivity (Wildman–Crippen MR) is 97.2 cm³/mol. The summed E-state index contributed by atoms with van der Waals surface area (Å²) in [5.41, 5.74) is 1.02. The molecule has 1 atom stereocenters. The predicted octanol–water partition coefficient (Wildman–Crippen LogP) is 3.21. The van der Waals surface area contributed by atoms with Crippen LogP contribution in [0.3, 0.4) is 0 Å². The van der Waals surface area contributed by atoms with Crippen LogP contribution in [-0.2, 0) is 4.79 Å². The molecule has 2 fully saturated rings. The molecule has 0 unspecified atom stereocenters. The molecule has 2 aliphatic carbocycles. The van der Waals surface area contributed by atoms with Crippen molar-refractivity contribution in [2.75, 3.05) is 0 Å².